The van der Waals surface area contributed by atoms with Gasteiger partial charge in [0.05, 0.1) is 48.8 Å². The van der Waals surface area contributed by atoms with Crippen molar-refractivity contribution in [2.24, 2.45) is 5.92 Å². The highest BCUT2D eigenvalue weighted by molar-refractivity contribution is 9.10. The number of fused-ring (bicyclic) bond motifs is 2. The van der Waals surface area contributed by atoms with Crippen LogP contribution in [0.3, 0.4) is 0 Å². The van der Waals surface area contributed by atoms with E-state index in [0.717, 1.165) is 39.0 Å². The third kappa shape index (κ3) is 8.90. The molecule has 0 bridgehead atoms. The highest BCUT2D eigenvalue weighted by Crippen LogP contribution is 2.47. The van der Waals surface area contributed by atoms with Crippen LogP contribution in [0.1, 0.15) is 67.0 Å². The average molecular weight is 864 g/mol. The van der Waals surface area contributed by atoms with E-state index in [1.807, 2.05) is 123 Å². The van der Waals surface area contributed by atoms with Gasteiger partial charge in [0.25, 0.3) is 5.91 Å². The monoisotopic (exact) mass is 862 g/mol. The fourth-order valence-electron chi connectivity index (χ4n) is 8.06. The lowest BCUT2D eigenvalue weighted by Crippen LogP contribution is -2.49. The lowest BCUT2D eigenvalue weighted by Gasteiger charge is -2.35. The zero-order valence-corrected chi connectivity index (χ0v) is 35.0. The van der Waals surface area contributed by atoms with Gasteiger partial charge in [-0.2, -0.15) is 0 Å². The van der Waals surface area contributed by atoms with Gasteiger partial charge in [0.1, 0.15) is 5.75 Å². The second-order valence-corrected chi connectivity index (χ2v) is 16.0. The predicted octanol–water partition coefficient (Wildman–Crippen LogP) is 6.53. The summed E-state index contributed by atoms with van der Waals surface area (Å²) in [6.07, 6.45) is 8.14. The minimum Gasteiger partial charge on any atom is -0.494 e. The molecule has 4 N–H and O–H groups in total. The molecule has 3 heterocycles. The summed E-state index contributed by atoms with van der Waals surface area (Å²) in [5, 5.41) is 43.7. The van der Waals surface area contributed by atoms with Gasteiger partial charge in [-0.1, -0.05) is 82.7 Å². The van der Waals surface area contributed by atoms with E-state index < -0.39 is 23.5 Å². The summed E-state index contributed by atoms with van der Waals surface area (Å²) in [6, 6.07) is 28.2. The number of unbranched alkanes of at least 4 members (excludes halogenated alkanes) is 1. The van der Waals surface area contributed by atoms with E-state index in [-0.39, 0.29) is 31.6 Å². The van der Waals surface area contributed by atoms with Crippen molar-refractivity contribution in [3.05, 3.63) is 142 Å². The lowest BCUT2D eigenvalue weighted by atomic mass is 9.83. The number of carbonyl (C=O) groups excluding carboxylic acids is 2. The molecular formula is C46H51BrN6O6. The molecule has 2 aliphatic heterocycles. The first kappa shape index (κ1) is 42.0. The minimum atomic E-state index is -1.83. The number of aliphatic hydroxyl groups excluding tert-OH is 2. The molecule has 0 radical (unpaired) electrons. The van der Waals surface area contributed by atoms with Crippen LogP contribution in [0.4, 0.5) is 17.1 Å². The molecule has 0 aliphatic carbocycles. The zero-order valence-electron chi connectivity index (χ0n) is 33.4. The molecule has 4 atom stereocenters. The molecule has 12 nitrogen and oxygen atoms in total. The molecule has 5 aromatic rings. The Hall–Kier alpha value is -5.18. The molecule has 2 aliphatic rings. The summed E-state index contributed by atoms with van der Waals surface area (Å²) in [6.45, 7) is 5.62. The topological polar surface area (TPSA) is 153 Å². The number of nitrogens with one attached hydrogen (secondary N) is 1. The molecule has 2 amide bonds. The van der Waals surface area contributed by atoms with E-state index >= 15 is 0 Å². The van der Waals surface area contributed by atoms with E-state index in [2.05, 4.69) is 31.6 Å². The number of halogens is 1. The Balaban J connectivity index is 1.09. The Kier molecular flexibility index (Phi) is 13.4. The van der Waals surface area contributed by atoms with Crippen molar-refractivity contribution in [2.45, 2.75) is 70.2 Å². The maximum Gasteiger partial charge on any atom is 0.264 e. The van der Waals surface area contributed by atoms with Crippen LogP contribution >= 0.6 is 15.9 Å². The molecule has 308 valence electrons. The number of aromatic nitrogens is 3. The Morgan fingerprint density at radius 2 is 1.81 bits per heavy atom. The van der Waals surface area contributed by atoms with Gasteiger partial charge in [0, 0.05) is 41.0 Å². The Labute approximate surface area is 353 Å². The van der Waals surface area contributed by atoms with Gasteiger partial charge >= 0.3 is 0 Å². The van der Waals surface area contributed by atoms with Crippen molar-refractivity contribution in [3.8, 4) is 5.75 Å². The molecule has 0 saturated heterocycles. The van der Waals surface area contributed by atoms with Crippen LogP contribution in [0.5, 0.6) is 5.75 Å². The Morgan fingerprint density at radius 1 is 1.00 bits per heavy atom. The molecule has 0 fully saturated rings. The number of anilines is 3. The number of hydrogen-bond acceptors (Lipinski definition) is 9. The largest absolute Gasteiger partial charge is 0.494 e. The number of carbonyl (C=O) groups is 2. The smallest absolute Gasteiger partial charge is 0.264 e. The van der Waals surface area contributed by atoms with Crippen molar-refractivity contribution >= 4 is 44.8 Å². The van der Waals surface area contributed by atoms with Crippen LogP contribution in [-0.2, 0) is 34.7 Å². The number of aliphatic hydroxyl groups is 3. The van der Waals surface area contributed by atoms with Gasteiger partial charge in [0.2, 0.25) is 5.91 Å². The van der Waals surface area contributed by atoms with E-state index in [1.54, 1.807) is 14.5 Å². The van der Waals surface area contributed by atoms with E-state index in [9.17, 15) is 24.9 Å². The van der Waals surface area contributed by atoms with Crippen LogP contribution < -0.4 is 19.9 Å². The van der Waals surface area contributed by atoms with Crippen molar-refractivity contribution < 1.29 is 29.6 Å². The number of rotatable bonds is 18. The molecule has 0 saturated carbocycles. The first-order valence-corrected chi connectivity index (χ1v) is 21.0. The summed E-state index contributed by atoms with van der Waals surface area (Å²) < 4.78 is 8.28. The van der Waals surface area contributed by atoms with Gasteiger partial charge in [0.15, 0.2) is 5.60 Å². The Bertz CT molecular complexity index is 2280. The van der Waals surface area contributed by atoms with Crippen LogP contribution in [0, 0.1) is 5.92 Å². The maximum absolute atomic E-state index is 14.5. The van der Waals surface area contributed by atoms with E-state index in [1.165, 1.54) is 0 Å². The average Bonchev–Trinajstić information content (AvgIpc) is 3.79. The fourth-order valence-corrected chi connectivity index (χ4v) is 8.42. The van der Waals surface area contributed by atoms with Gasteiger partial charge < -0.3 is 30.3 Å². The van der Waals surface area contributed by atoms with Crippen LogP contribution in [0.25, 0.3) is 0 Å². The number of amides is 2. The lowest BCUT2D eigenvalue weighted by molar-refractivity contribution is -0.139. The number of benzene rings is 4. The number of nitrogens with zero attached hydrogens (tertiary/aromatic N) is 5. The summed E-state index contributed by atoms with van der Waals surface area (Å²) in [4.78, 5) is 32.0. The highest BCUT2D eigenvalue weighted by Gasteiger charge is 2.52. The third-order valence-corrected chi connectivity index (χ3v) is 11.7. The number of allylic oxidation sites excluding steroid dienone is 1. The Morgan fingerprint density at radius 3 is 2.59 bits per heavy atom. The van der Waals surface area contributed by atoms with Crippen LogP contribution in [-0.4, -0.2) is 74.5 Å². The first-order valence-electron chi connectivity index (χ1n) is 20.3. The van der Waals surface area contributed by atoms with Gasteiger partial charge in [-0.05, 0) is 104 Å². The van der Waals surface area contributed by atoms with Gasteiger partial charge in [-0.3, -0.25) is 19.2 Å². The number of aryl methyl sites for hydroxylation is 1. The molecule has 4 aromatic carbocycles. The van der Waals surface area contributed by atoms with Crippen molar-refractivity contribution in [1.29, 1.82) is 0 Å². The SMILES string of the molecule is CCOc1ccc2c(c1)CC(NCCCCO)C(=O)N2c1cccc(CN2C(=O)[C@@](O)([C@@H](C)/C=C/CCn3cc(C(CO)c4ccccc4)nn3)c3cc(Br)ccc32)c1. The second-order valence-electron chi connectivity index (χ2n) is 15.1. The normalized spacial score (nSPS) is 18.6. The molecular weight excluding hydrogens is 812 g/mol. The van der Waals surface area contributed by atoms with Crippen molar-refractivity contribution in [1.82, 2.24) is 20.3 Å². The molecule has 7 rings (SSSR count). The van der Waals surface area contributed by atoms with Crippen LogP contribution in [0.15, 0.2) is 114 Å². The molecule has 2 unspecified atom stereocenters. The number of ether oxygens (including phenoxy) is 1. The van der Waals surface area contributed by atoms with Crippen LogP contribution in [0.2, 0.25) is 0 Å². The van der Waals surface area contributed by atoms with E-state index in [4.69, 9.17) is 4.74 Å². The number of hydrogen-bond donors (Lipinski definition) is 4. The summed E-state index contributed by atoms with van der Waals surface area (Å²) in [5.41, 5.74) is 4.17. The fraction of sp³-hybridized carbons (Fsp3) is 0.348. The quantitative estimate of drug-likeness (QED) is 0.0569. The predicted molar refractivity (Wildman–Crippen MR) is 231 cm³/mol. The second kappa shape index (κ2) is 18.8. The van der Waals surface area contributed by atoms with Gasteiger partial charge in [-0.15, -0.1) is 5.10 Å². The first-order chi connectivity index (χ1) is 28.7. The molecule has 13 heteroatoms. The summed E-state index contributed by atoms with van der Waals surface area (Å²) in [7, 11) is 0. The zero-order chi connectivity index (χ0) is 41.5. The molecule has 1 aromatic heterocycles. The standard InChI is InChI=1S/C46H51BrN6O6/c1-3-59-37-18-20-42-34(25-37)26-40(48-21-8-10-23-54)44(56)53(42)36-16-11-13-32(24-36)28-52-43-19-17-35(47)27-39(43)46(58,45(52)57)31(2)12-7-9-22-51-29-41(49-50-51)38(30-55)33-14-5-4-6-15-33/h4-7,11-20,24-25,27,29,31,38,40,48,54-55,58H,3,8-10,21-23,26,28,30H2,1-2H3/b12-7+/t31-,38?,40?,46+/m0/s1. The maximum atomic E-state index is 14.5. The summed E-state index contributed by atoms with van der Waals surface area (Å²) in [5.74, 6) is -0.623. The summed E-state index contributed by atoms with van der Waals surface area (Å²) >= 11 is 3.56. The van der Waals surface area contributed by atoms with Crippen molar-refractivity contribution in [2.75, 3.05) is 36.2 Å². The molecule has 0 spiro atoms. The van der Waals surface area contributed by atoms with Crippen molar-refractivity contribution in [3.63, 3.8) is 0 Å². The van der Waals surface area contributed by atoms with Gasteiger partial charge in [-0.25, -0.2) is 0 Å². The minimum absolute atomic E-state index is 0.0824. The molecule has 59 heavy (non-hydrogen) atoms. The highest BCUT2D eigenvalue weighted by atomic mass is 79.9. The van der Waals surface area contributed by atoms with E-state index in [0.29, 0.717) is 61.6 Å². The third-order valence-electron chi connectivity index (χ3n) is 11.2.